The van der Waals surface area contributed by atoms with Crippen LogP contribution < -0.4 is 14.7 Å². The highest BCUT2D eigenvalue weighted by atomic mass is 32.1. The van der Waals surface area contributed by atoms with Crippen molar-refractivity contribution in [3.8, 4) is 0 Å². The average molecular weight is 412 g/mol. The van der Waals surface area contributed by atoms with E-state index in [1.807, 2.05) is 54.2 Å². The first-order chi connectivity index (χ1) is 13.9. The molecule has 0 atom stereocenters. The van der Waals surface area contributed by atoms with Gasteiger partial charge in [-0.05, 0) is 62.7 Å². The van der Waals surface area contributed by atoms with E-state index < -0.39 is 0 Å². The molecule has 1 N–H and O–H groups in total. The lowest BCUT2D eigenvalue weighted by molar-refractivity contribution is -0.894. The zero-order valence-electron chi connectivity index (χ0n) is 18.0. The van der Waals surface area contributed by atoms with Crippen LogP contribution in [-0.4, -0.2) is 51.2 Å². The topological polar surface area (TPSA) is 40.9 Å². The van der Waals surface area contributed by atoms with Crippen LogP contribution in [0.25, 0.3) is 10.2 Å². The van der Waals surface area contributed by atoms with Crippen LogP contribution in [0.1, 0.15) is 29.8 Å². The summed E-state index contributed by atoms with van der Waals surface area (Å²) in [6, 6.07) is 14.0. The monoisotopic (exact) mass is 411 g/mol. The van der Waals surface area contributed by atoms with Gasteiger partial charge in [0, 0.05) is 25.3 Å². The first-order valence-corrected chi connectivity index (χ1v) is 11.0. The van der Waals surface area contributed by atoms with Crippen LogP contribution >= 0.6 is 11.3 Å². The summed E-state index contributed by atoms with van der Waals surface area (Å²) in [6.07, 6.45) is 0. The lowest BCUT2D eigenvalue weighted by Gasteiger charge is -2.23. The van der Waals surface area contributed by atoms with Gasteiger partial charge in [-0.1, -0.05) is 17.4 Å². The number of likely N-dealkylation sites (N-methyl/N-ethyl adjacent to an activating group) is 1. The maximum absolute atomic E-state index is 13.4. The number of hydrogen-bond acceptors (Lipinski definition) is 4. The fourth-order valence-electron chi connectivity index (χ4n) is 3.35. The number of aryl methyl sites for hydroxylation is 1. The van der Waals surface area contributed by atoms with Crippen molar-refractivity contribution in [2.24, 2.45) is 0 Å². The number of amides is 1. The van der Waals surface area contributed by atoms with Gasteiger partial charge in [0.15, 0.2) is 5.13 Å². The fourth-order valence-corrected chi connectivity index (χ4v) is 4.44. The number of thiazole rings is 1. The summed E-state index contributed by atoms with van der Waals surface area (Å²) in [6.45, 7) is 10.1. The Balaban J connectivity index is 1.93. The van der Waals surface area contributed by atoms with E-state index in [1.54, 1.807) is 11.3 Å². The largest absolute Gasteiger partial charge is 0.378 e. The molecule has 0 saturated carbocycles. The number of carbonyl (C=O) groups is 1. The normalized spacial score (nSPS) is 11.2. The molecule has 154 valence electrons. The van der Waals surface area contributed by atoms with E-state index in [0.717, 1.165) is 40.7 Å². The van der Waals surface area contributed by atoms with Crippen molar-refractivity contribution in [2.45, 2.75) is 20.8 Å². The van der Waals surface area contributed by atoms with Crippen molar-refractivity contribution >= 4 is 38.3 Å². The molecule has 0 aliphatic heterocycles. The maximum atomic E-state index is 13.4. The fraction of sp³-hybridized carbons (Fsp3) is 0.391. The first-order valence-electron chi connectivity index (χ1n) is 10.2. The standard InChI is InChI=1S/C23H30N4OS/c1-6-26(7-2)14-15-27(22(28)18-9-11-19(12-10-18)25(4)5)23-24-20-13-8-17(3)16-21(20)29-23/h8-13,16H,6-7,14-15H2,1-5H3/p+1. The predicted molar refractivity (Wildman–Crippen MR) is 124 cm³/mol. The van der Waals surface area contributed by atoms with Gasteiger partial charge < -0.3 is 9.80 Å². The molecule has 1 amide bonds. The Morgan fingerprint density at radius 3 is 2.38 bits per heavy atom. The van der Waals surface area contributed by atoms with Crippen molar-refractivity contribution in [1.29, 1.82) is 0 Å². The molecule has 0 bridgehead atoms. The summed E-state index contributed by atoms with van der Waals surface area (Å²) in [4.78, 5) is 23.6. The Bertz CT molecular complexity index is 961. The van der Waals surface area contributed by atoms with Crippen LogP contribution in [0, 0.1) is 6.92 Å². The summed E-state index contributed by atoms with van der Waals surface area (Å²) in [7, 11) is 4.00. The molecule has 3 aromatic rings. The van der Waals surface area contributed by atoms with E-state index in [1.165, 1.54) is 10.5 Å². The summed E-state index contributed by atoms with van der Waals surface area (Å²) in [5.41, 5.74) is 3.93. The van der Waals surface area contributed by atoms with Crippen LogP contribution in [0.3, 0.4) is 0 Å². The van der Waals surface area contributed by atoms with Crippen LogP contribution in [0.5, 0.6) is 0 Å². The third-order valence-corrected chi connectivity index (χ3v) is 6.37. The summed E-state index contributed by atoms with van der Waals surface area (Å²) < 4.78 is 1.12. The van der Waals surface area contributed by atoms with Gasteiger partial charge in [0.25, 0.3) is 5.91 Å². The minimum atomic E-state index is 0.0117. The number of carbonyl (C=O) groups excluding carboxylic acids is 1. The Hall–Kier alpha value is -2.44. The number of aromatic nitrogens is 1. The van der Waals surface area contributed by atoms with Gasteiger partial charge in [-0.3, -0.25) is 9.69 Å². The second-order valence-electron chi connectivity index (χ2n) is 7.57. The van der Waals surface area contributed by atoms with Crippen molar-refractivity contribution in [3.05, 3.63) is 53.6 Å². The van der Waals surface area contributed by atoms with Crippen molar-refractivity contribution < 1.29 is 9.69 Å². The van der Waals surface area contributed by atoms with Crippen LogP contribution in [0.4, 0.5) is 10.8 Å². The third kappa shape index (κ3) is 4.95. The number of benzene rings is 2. The van der Waals surface area contributed by atoms with Gasteiger partial charge in [0.05, 0.1) is 36.4 Å². The number of fused-ring (bicyclic) bond motifs is 1. The Kier molecular flexibility index (Phi) is 6.87. The van der Waals surface area contributed by atoms with Gasteiger partial charge in [0.1, 0.15) is 0 Å². The Labute approximate surface area is 177 Å². The number of anilines is 2. The molecule has 0 spiro atoms. The van der Waals surface area contributed by atoms with E-state index in [-0.39, 0.29) is 5.91 Å². The highest BCUT2D eigenvalue weighted by Crippen LogP contribution is 2.30. The maximum Gasteiger partial charge on any atom is 0.260 e. The molecule has 3 rings (SSSR count). The summed E-state index contributed by atoms with van der Waals surface area (Å²) in [5, 5.41) is 0.777. The molecule has 1 heterocycles. The predicted octanol–water partition coefficient (Wildman–Crippen LogP) is 3.24. The molecule has 0 aliphatic carbocycles. The smallest absolute Gasteiger partial charge is 0.260 e. The number of nitrogens with one attached hydrogen (secondary N) is 1. The number of hydrogen-bond donors (Lipinski definition) is 1. The van der Waals surface area contributed by atoms with Gasteiger partial charge in [0.2, 0.25) is 0 Å². The molecule has 29 heavy (non-hydrogen) atoms. The highest BCUT2D eigenvalue weighted by Gasteiger charge is 2.23. The number of rotatable bonds is 8. The lowest BCUT2D eigenvalue weighted by Crippen LogP contribution is -3.12. The summed E-state index contributed by atoms with van der Waals surface area (Å²) in [5.74, 6) is 0.0117. The molecule has 0 radical (unpaired) electrons. The first kappa shape index (κ1) is 21.3. The van der Waals surface area contributed by atoms with E-state index in [4.69, 9.17) is 4.98 Å². The Morgan fingerprint density at radius 1 is 1.07 bits per heavy atom. The zero-order valence-corrected chi connectivity index (χ0v) is 18.8. The second kappa shape index (κ2) is 9.37. The molecule has 0 fully saturated rings. The van der Waals surface area contributed by atoms with E-state index >= 15 is 0 Å². The Morgan fingerprint density at radius 2 is 1.76 bits per heavy atom. The van der Waals surface area contributed by atoms with Crippen molar-refractivity contribution in [1.82, 2.24) is 4.98 Å². The molecule has 1 aromatic heterocycles. The lowest BCUT2D eigenvalue weighted by atomic mass is 10.1. The number of quaternary nitrogens is 1. The second-order valence-corrected chi connectivity index (χ2v) is 8.58. The molecule has 0 aliphatic rings. The van der Waals surface area contributed by atoms with E-state index in [0.29, 0.717) is 12.1 Å². The molecular weight excluding hydrogens is 380 g/mol. The van der Waals surface area contributed by atoms with Gasteiger partial charge >= 0.3 is 0 Å². The number of nitrogens with zero attached hydrogens (tertiary/aromatic N) is 3. The average Bonchev–Trinajstić information content (AvgIpc) is 3.13. The zero-order chi connectivity index (χ0) is 21.0. The molecule has 6 heteroatoms. The van der Waals surface area contributed by atoms with Crippen LogP contribution in [-0.2, 0) is 0 Å². The SMILES string of the molecule is CC[NH+](CC)CCN(C(=O)c1ccc(N(C)C)cc1)c1nc2ccc(C)cc2s1. The van der Waals surface area contributed by atoms with Crippen molar-refractivity contribution in [3.63, 3.8) is 0 Å². The molecule has 2 aromatic carbocycles. The van der Waals surface area contributed by atoms with Crippen LogP contribution in [0.15, 0.2) is 42.5 Å². The summed E-state index contributed by atoms with van der Waals surface area (Å²) >= 11 is 1.59. The minimum absolute atomic E-state index is 0.0117. The molecule has 0 unspecified atom stereocenters. The van der Waals surface area contributed by atoms with Crippen molar-refractivity contribution in [2.75, 3.05) is 50.1 Å². The van der Waals surface area contributed by atoms with Gasteiger partial charge in [-0.25, -0.2) is 4.98 Å². The highest BCUT2D eigenvalue weighted by molar-refractivity contribution is 7.22. The van der Waals surface area contributed by atoms with E-state index in [9.17, 15) is 4.79 Å². The van der Waals surface area contributed by atoms with E-state index in [2.05, 4.69) is 32.9 Å². The molecule has 5 nitrogen and oxygen atoms in total. The third-order valence-electron chi connectivity index (χ3n) is 5.33. The van der Waals surface area contributed by atoms with Gasteiger partial charge in [-0.15, -0.1) is 0 Å². The van der Waals surface area contributed by atoms with Crippen LogP contribution in [0.2, 0.25) is 0 Å². The molecular formula is C23H31N4OS+. The van der Waals surface area contributed by atoms with Gasteiger partial charge in [-0.2, -0.15) is 0 Å². The minimum Gasteiger partial charge on any atom is -0.378 e. The quantitative estimate of drug-likeness (QED) is 0.619. The molecule has 0 saturated heterocycles.